The molecule has 23 aromatic rings. The molecule has 114 heavy (non-hydrogen) atoms. The summed E-state index contributed by atoms with van der Waals surface area (Å²) in [5.74, 6) is 0. The minimum absolute atomic E-state index is 0.884. The zero-order valence-electron chi connectivity index (χ0n) is 61.0. The predicted molar refractivity (Wildman–Crippen MR) is 465 cm³/mol. The lowest BCUT2D eigenvalue weighted by molar-refractivity contribution is 1.36. The second-order valence-corrected chi connectivity index (χ2v) is 28.7. The van der Waals surface area contributed by atoms with Gasteiger partial charge in [-0.1, -0.05) is 212 Å². The zero-order chi connectivity index (χ0) is 75.2. The third-order valence-corrected chi connectivity index (χ3v) is 21.9. The molecule has 0 unspecified atom stereocenters. The van der Waals surface area contributed by atoms with Crippen molar-refractivity contribution in [2.45, 2.75) is 0 Å². The van der Waals surface area contributed by atoms with Crippen molar-refractivity contribution in [1.82, 2.24) is 59.8 Å². The Morgan fingerprint density at radius 2 is 0.421 bits per heavy atom. The van der Waals surface area contributed by atoms with Crippen molar-refractivity contribution < 1.29 is 0 Å². The van der Waals surface area contributed by atoms with E-state index in [1.165, 1.54) is 0 Å². The van der Waals surface area contributed by atoms with Gasteiger partial charge in [-0.2, -0.15) is 0 Å². The predicted octanol–water partition coefficient (Wildman–Crippen LogP) is 25.0. The van der Waals surface area contributed by atoms with Gasteiger partial charge in [0.25, 0.3) is 0 Å². The smallest absolute Gasteiger partial charge is 0.0972 e. The number of rotatable bonds is 9. The van der Waals surface area contributed by atoms with Gasteiger partial charge >= 0.3 is 0 Å². The molecule has 12 nitrogen and oxygen atoms in total. The summed E-state index contributed by atoms with van der Waals surface area (Å²) < 4.78 is 0. The standard InChI is InChI=1S/C54H32N6.C48H28N6/c1-2-6-33(7-3-1)46-23-19-37-15-16-38-20-24-47(60-53(38)52(37)59-46)35-12-10-34(11-13-35)45-26-22-41-30-39(21-25-48(41)57-45)40-17-14-36-18-27-49(58-50(36)32-40)44-31-42-8-4-28-55-51(42)54-43(44)9-5-29-56-54;1-4-32-12-13-33-16-19-41(54-47(33)45(32)49-23-1)30-9-7-29(8-10-30)40-21-18-36-26-34(17-20-42(36)52-40)35-14-11-31-15-22-43(53-44(31)28-35)39-27-37-5-2-24-50-46(37)48-38(39)6-3-25-51-48/h1-32H;1-28H. The Kier molecular flexibility index (Phi) is 15.6. The Bertz CT molecular complexity index is 7870. The lowest BCUT2D eigenvalue weighted by Gasteiger charge is -2.11. The molecule has 528 valence electrons. The molecule has 0 fully saturated rings. The van der Waals surface area contributed by atoms with Crippen molar-refractivity contribution in [1.29, 1.82) is 0 Å². The van der Waals surface area contributed by atoms with Crippen LogP contribution in [0.15, 0.2) is 365 Å². The van der Waals surface area contributed by atoms with E-state index in [1.807, 2.05) is 79.5 Å². The summed E-state index contributed by atoms with van der Waals surface area (Å²) in [5, 5.41) is 12.8. The maximum Gasteiger partial charge on any atom is 0.0972 e. The summed E-state index contributed by atoms with van der Waals surface area (Å²) >= 11 is 0. The van der Waals surface area contributed by atoms with Gasteiger partial charge in [0.1, 0.15) is 0 Å². The molecular weight excluding hydrogens is 1390 g/mol. The molecule has 0 aliphatic heterocycles. The summed E-state index contributed by atoms with van der Waals surface area (Å²) in [6.45, 7) is 0. The third-order valence-electron chi connectivity index (χ3n) is 21.9. The first-order valence-corrected chi connectivity index (χ1v) is 37.9. The highest BCUT2D eigenvalue weighted by atomic mass is 14.8. The van der Waals surface area contributed by atoms with E-state index in [1.54, 1.807) is 0 Å². The molecule has 0 atom stereocenters. The number of fused-ring (bicyclic) bond motifs is 16. The largest absolute Gasteiger partial charge is 0.254 e. The molecule has 0 aliphatic carbocycles. The molecule has 12 aromatic heterocycles. The van der Waals surface area contributed by atoms with Crippen LogP contribution in [0.25, 0.3) is 232 Å². The van der Waals surface area contributed by atoms with Crippen LogP contribution in [0, 0.1) is 0 Å². The van der Waals surface area contributed by atoms with Crippen molar-refractivity contribution >= 4 is 131 Å². The van der Waals surface area contributed by atoms with Crippen LogP contribution in [-0.4, -0.2) is 59.8 Å². The average molecular weight is 1450 g/mol. The second-order valence-electron chi connectivity index (χ2n) is 28.7. The van der Waals surface area contributed by atoms with E-state index in [4.69, 9.17) is 44.9 Å². The van der Waals surface area contributed by atoms with E-state index in [0.29, 0.717) is 0 Å². The molecular formula is C102H60N12. The van der Waals surface area contributed by atoms with E-state index in [-0.39, 0.29) is 0 Å². The van der Waals surface area contributed by atoms with Gasteiger partial charge in [0.15, 0.2) is 0 Å². The quantitative estimate of drug-likeness (QED) is 0.126. The molecule has 0 aliphatic rings. The first-order valence-electron chi connectivity index (χ1n) is 37.9. The van der Waals surface area contributed by atoms with Gasteiger partial charge in [0.2, 0.25) is 0 Å². The molecule has 0 saturated carbocycles. The lowest BCUT2D eigenvalue weighted by atomic mass is 9.99. The van der Waals surface area contributed by atoms with E-state index in [2.05, 4.69) is 300 Å². The summed E-state index contributed by atoms with van der Waals surface area (Å²) in [6, 6.07) is 116. The Labute approximate surface area is 652 Å². The number of aromatic nitrogens is 12. The van der Waals surface area contributed by atoms with Crippen LogP contribution < -0.4 is 0 Å². The van der Waals surface area contributed by atoms with E-state index in [9.17, 15) is 0 Å². The second kappa shape index (κ2) is 27.2. The number of hydrogen-bond donors (Lipinski definition) is 0. The topological polar surface area (TPSA) is 155 Å². The maximum atomic E-state index is 5.19. The highest BCUT2D eigenvalue weighted by Crippen LogP contribution is 2.39. The van der Waals surface area contributed by atoms with Crippen molar-refractivity contribution in [3.05, 3.63) is 365 Å². The third kappa shape index (κ3) is 11.8. The monoisotopic (exact) mass is 1450 g/mol. The minimum atomic E-state index is 0.884. The van der Waals surface area contributed by atoms with E-state index in [0.717, 1.165) is 232 Å². The molecule has 0 amide bonds. The SMILES string of the molecule is c1ccc(-c2ccc3ccc4ccc(-c5ccc(-c6ccc7cc(-c8ccc9ccc(-c%10cc%11cccnc%11c%11ncccc%10%11)nc9c8)ccc7n6)cc5)nc4c3n2)cc1.c1cnc2c(c1)ccc1ccc(-c3ccc(-c4ccc5cc(-c6ccc7ccc(-c8cc9cccnc9c9ncccc89)nc7c6)ccc5n4)cc3)nc12. The Morgan fingerprint density at radius 3 is 0.851 bits per heavy atom. The van der Waals surface area contributed by atoms with Crippen LogP contribution >= 0.6 is 0 Å². The number of nitrogens with zero attached hydrogens (tertiary/aromatic N) is 12. The molecule has 23 rings (SSSR count). The fraction of sp³-hybridized carbons (Fsp3) is 0. The molecule has 0 radical (unpaired) electrons. The fourth-order valence-electron chi connectivity index (χ4n) is 16.0. The van der Waals surface area contributed by atoms with E-state index < -0.39 is 0 Å². The normalized spacial score (nSPS) is 11.7. The summed E-state index contributed by atoms with van der Waals surface area (Å²) in [7, 11) is 0. The van der Waals surface area contributed by atoms with Gasteiger partial charge < -0.3 is 0 Å². The molecule has 12 heteroatoms. The van der Waals surface area contributed by atoms with Gasteiger partial charge in [-0.25, -0.2) is 34.9 Å². The van der Waals surface area contributed by atoms with Gasteiger partial charge in [-0.15, -0.1) is 0 Å². The summed E-state index contributed by atoms with van der Waals surface area (Å²) in [6.07, 6.45) is 9.10. The summed E-state index contributed by atoms with van der Waals surface area (Å²) in [4.78, 5) is 59.0. The number of benzene rings is 11. The number of hydrogen-bond acceptors (Lipinski definition) is 12. The van der Waals surface area contributed by atoms with Crippen molar-refractivity contribution in [3.8, 4) is 101 Å². The molecule has 0 N–H and O–H groups in total. The fourth-order valence-corrected chi connectivity index (χ4v) is 16.0. The van der Waals surface area contributed by atoms with Crippen molar-refractivity contribution in [2.24, 2.45) is 0 Å². The van der Waals surface area contributed by atoms with Crippen molar-refractivity contribution in [3.63, 3.8) is 0 Å². The molecule has 0 bridgehead atoms. The highest BCUT2D eigenvalue weighted by Gasteiger charge is 2.18. The Morgan fingerprint density at radius 1 is 0.140 bits per heavy atom. The average Bonchev–Trinajstić information content (AvgIpc) is 0.699. The van der Waals surface area contributed by atoms with Crippen molar-refractivity contribution in [2.75, 3.05) is 0 Å². The summed E-state index contributed by atoms with van der Waals surface area (Å²) in [5.41, 5.74) is 29.2. The highest BCUT2D eigenvalue weighted by molar-refractivity contribution is 6.12. The van der Waals surface area contributed by atoms with Crippen LogP contribution in [0.2, 0.25) is 0 Å². The number of pyridine rings is 12. The Balaban J connectivity index is 0.000000140. The van der Waals surface area contributed by atoms with Gasteiger partial charge in [-0.3, -0.25) is 24.9 Å². The first-order chi connectivity index (χ1) is 56.4. The lowest BCUT2D eigenvalue weighted by Crippen LogP contribution is -1.91. The van der Waals surface area contributed by atoms with Gasteiger partial charge in [0, 0.05) is 135 Å². The van der Waals surface area contributed by atoms with Crippen LogP contribution in [0.4, 0.5) is 0 Å². The maximum absolute atomic E-state index is 5.19. The molecule has 11 aromatic carbocycles. The molecule has 0 spiro atoms. The van der Waals surface area contributed by atoms with Gasteiger partial charge in [-0.05, 0) is 144 Å². The zero-order valence-corrected chi connectivity index (χ0v) is 61.0. The molecule has 0 saturated heterocycles. The van der Waals surface area contributed by atoms with Crippen LogP contribution in [-0.2, 0) is 0 Å². The molecule has 12 heterocycles. The Hall–Kier alpha value is -15.7. The van der Waals surface area contributed by atoms with Crippen LogP contribution in [0.3, 0.4) is 0 Å². The van der Waals surface area contributed by atoms with Gasteiger partial charge in [0.05, 0.1) is 106 Å². The van der Waals surface area contributed by atoms with Crippen LogP contribution in [0.5, 0.6) is 0 Å². The minimum Gasteiger partial charge on any atom is -0.254 e. The van der Waals surface area contributed by atoms with E-state index >= 15 is 0 Å². The van der Waals surface area contributed by atoms with Crippen LogP contribution in [0.1, 0.15) is 0 Å². The first kappa shape index (κ1) is 65.4.